The minimum absolute atomic E-state index is 0.695. The van der Waals surface area contributed by atoms with Gasteiger partial charge in [-0.05, 0) is 30.5 Å². The summed E-state index contributed by atoms with van der Waals surface area (Å²) in [5, 5.41) is 0. The van der Waals surface area contributed by atoms with Gasteiger partial charge in [0.25, 0.3) is 0 Å². The Balaban J connectivity index is 1.81. The third-order valence-corrected chi connectivity index (χ3v) is 5.43. The molecule has 1 rings (SSSR count). The molecule has 0 radical (unpaired) electrons. The normalized spacial score (nSPS) is 10.7. The fourth-order valence-corrected chi connectivity index (χ4v) is 3.67. The van der Waals surface area contributed by atoms with E-state index >= 15 is 0 Å². The number of aliphatic imine (C=N–C) groups is 1. The zero-order valence-corrected chi connectivity index (χ0v) is 17.7. The summed E-state index contributed by atoms with van der Waals surface area (Å²) >= 11 is 0. The van der Waals surface area contributed by atoms with Crippen molar-refractivity contribution in [1.29, 1.82) is 0 Å². The summed E-state index contributed by atoms with van der Waals surface area (Å²) in [6.45, 7) is 2.29. The third-order valence-electron chi connectivity index (χ3n) is 5.43. The minimum Gasteiger partial charge on any atom is -0.211 e. The molecule has 1 aromatic rings. The summed E-state index contributed by atoms with van der Waals surface area (Å²) in [6, 6.07) is 7.93. The Hall–Kier alpha value is -1.40. The smallest absolute Gasteiger partial charge is 0.211 e. The monoisotopic (exact) mass is 371 g/mol. The molecule has 2 heteroatoms. The molecule has 0 aliphatic heterocycles. The fourth-order valence-electron chi connectivity index (χ4n) is 3.67. The molecule has 27 heavy (non-hydrogen) atoms. The minimum atomic E-state index is 0.695. The van der Waals surface area contributed by atoms with E-state index < -0.39 is 0 Å². The van der Waals surface area contributed by atoms with Crippen molar-refractivity contribution in [2.24, 2.45) is 4.99 Å². The van der Waals surface area contributed by atoms with Crippen molar-refractivity contribution in [3.8, 4) is 0 Å². The number of benzene rings is 1. The Kier molecular flexibility index (Phi) is 15.7. The van der Waals surface area contributed by atoms with E-state index in [4.69, 9.17) is 0 Å². The summed E-state index contributed by atoms with van der Waals surface area (Å²) in [6.07, 6.45) is 25.3. The third kappa shape index (κ3) is 14.3. The SMILES string of the molecule is CCCCCCCCCCCCCCCCCCc1ccc(N=C=O)cc1. The molecule has 0 aliphatic carbocycles. The summed E-state index contributed by atoms with van der Waals surface area (Å²) in [5.74, 6) is 0. The van der Waals surface area contributed by atoms with Crippen LogP contribution in [0.1, 0.15) is 115 Å². The van der Waals surface area contributed by atoms with Crippen molar-refractivity contribution >= 4 is 11.8 Å². The fraction of sp³-hybridized carbons (Fsp3) is 0.720. The largest absolute Gasteiger partial charge is 0.240 e. The molecule has 0 bridgehead atoms. The Labute approximate surface area is 167 Å². The molecule has 0 atom stereocenters. The predicted molar refractivity (Wildman–Crippen MR) is 117 cm³/mol. The maximum absolute atomic E-state index is 10.2. The molecule has 0 fully saturated rings. The topological polar surface area (TPSA) is 29.4 Å². The van der Waals surface area contributed by atoms with Crippen molar-refractivity contribution in [1.82, 2.24) is 0 Å². The van der Waals surface area contributed by atoms with Gasteiger partial charge in [0.1, 0.15) is 0 Å². The van der Waals surface area contributed by atoms with Gasteiger partial charge in [0.15, 0.2) is 0 Å². The van der Waals surface area contributed by atoms with Gasteiger partial charge in [-0.15, -0.1) is 0 Å². The molecule has 0 saturated carbocycles. The Morgan fingerprint density at radius 2 is 1.04 bits per heavy atom. The van der Waals surface area contributed by atoms with Gasteiger partial charge in [0.05, 0.1) is 5.69 Å². The maximum atomic E-state index is 10.2. The highest BCUT2D eigenvalue weighted by Gasteiger charge is 1.97. The van der Waals surface area contributed by atoms with Crippen molar-refractivity contribution in [2.45, 2.75) is 116 Å². The summed E-state index contributed by atoms with van der Waals surface area (Å²) in [7, 11) is 0. The first-order chi connectivity index (χ1) is 13.4. The van der Waals surface area contributed by atoms with E-state index in [-0.39, 0.29) is 0 Å². The molecule has 0 heterocycles. The first kappa shape index (κ1) is 23.6. The number of carbonyl (C=O) groups excluding carboxylic acids is 1. The van der Waals surface area contributed by atoms with Crippen LogP contribution in [-0.2, 0) is 11.2 Å². The van der Waals surface area contributed by atoms with Crippen molar-refractivity contribution < 1.29 is 4.79 Å². The van der Waals surface area contributed by atoms with E-state index in [1.165, 1.54) is 108 Å². The average molecular weight is 372 g/mol. The van der Waals surface area contributed by atoms with Crippen LogP contribution in [0.4, 0.5) is 5.69 Å². The molecule has 152 valence electrons. The molecule has 0 spiro atoms. The Morgan fingerprint density at radius 1 is 0.630 bits per heavy atom. The lowest BCUT2D eigenvalue weighted by molar-refractivity contribution is 0.529. The molecule has 1 aromatic carbocycles. The first-order valence-corrected chi connectivity index (χ1v) is 11.5. The highest BCUT2D eigenvalue weighted by molar-refractivity contribution is 5.49. The van der Waals surface area contributed by atoms with Crippen LogP contribution >= 0.6 is 0 Å². The maximum Gasteiger partial charge on any atom is 0.240 e. The molecule has 0 N–H and O–H groups in total. The van der Waals surface area contributed by atoms with E-state index in [1.807, 2.05) is 12.1 Å². The van der Waals surface area contributed by atoms with Crippen molar-refractivity contribution in [2.75, 3.05) is 0 Å². The quantitative estimate of drug-likeness (QED) is 0.144. The highest BCUT2D eigenvalue weighted by Crippen LogP contribution is 2.16. The number of unbranched alkanes of at least 4 members (excludes halogenated alkanes) is 15. The number of aryl methyl sites for hydroxylation is 1. The molecular weight excluding hydrogens is 330 g/mol. The van der Waals surface area contributed by atoms with Crippen LogP contribution in [0, 0.1) is 0 Å². The van der Waals surface area contributed by atoms with Crippen LogP contribution in [-0.4, -0.2) is 6.08 Å². The lowest BCUT2D eigenvalue weighted by atomic mass is 10.0. The van der Waals surface area contributed by atoms with Crippen LogP contribution in [0.3, 0.4) is 0 Å². The van der Waals surface area contributed by atoms with Gasteiger partial charge >= 0.3 is 0 Å². The van der Waals surface area contributed by atoms with E-state index in [9.17, 15) is 4.79 Å². The number of hydrogen-bond donors (Lipinski definition) is 0. The highest BCUT2D eigenvalue weighted by atomic mass is 16.1. The number of rotatable bonds is 18. The van der Waals surface area contributed by atoms with Gasteiger partial charge in [-0.25, -0.2) is 4.79 Å². The number of nitrogens with zero attached hydrogens (tertiary/aromatic N) is 1. The second-order valence-corrected chi connectivity index (χ2v) is 7.92. The van der Waals surface area contributed by atoms with Gasteiger partial charge in [0.2, 0.25) is 6.08 Å². The van der Waals surface area contributed by atoms with Gasteiger partial charge < -0.3 is 0 Å². The molecule has 2 nitrogen and oxygen atoms in total. The van der Waals surface area contributed by atoms with Crippen LogP contribution in [0.5, 0.6) is 0 Å². The first-order valence-electron chi connectivity index (χ1n) is 11.5. The molecular formula is C25H41NO. The van der Waals surface area contributed by atoms with Crippen molar-refractivity contribution in [3.63, 3.8) is 0 Å². The lowest BCUT2D eigenvalue weighted by Gasteiger charge is -2.04. The average Bonchev–Trinajstić information content (AvgIpc) is 2.69. The Bertz CT molecular complexity index is 488. The number of isocyanates is 1. The Morgan fingerprint density at radius 3 is 1.44 bits per heavy atom. The van der Waals surface area contributed by atoms with Gasteiger partial charge in [-0.2, -0.15) is 4.99 Å². The van der Waals surface area contributed by atoms with Gasteiger partial charge in [0, 0.05) is 0 Å². The van der Waals surface area contributed by atoms with Crippen LogP contribution in [0.15, 0.2) is 29.3 Å². The van der Waals surface area contributed by atoms with Crippen LogP contribution in [0.25, 0.3) is 0 Å². The zero-order valence-electron chi connectivity index (χ0n) is 17.7. The van der Waals surface area contributed by atoms with E-state index in [1.54, 1.807) is 6.08 Å². The molecule has 0 aliphatic rings. The van der Waals surface area contributed by atoms with Crippen molar-refractivity contribution in [3.05, 3.63) is 29.8 Å². The van der Waals surface area contributed by atoms with E-state index in [2.05, 4.69) is 24.0 Å². The van der Waals surface area contributed by atoms with Gasteiger partial charge in [-0.1, -0.05) is 115 Å². The van der Waals surface area contributed by atoms with Crippen LogP contribution < -0.4 is 0 Å². The molecule has 0 amide bonds. The summed E-state index contributed by atoms with van der Waals surface area (Å²) in [5.41, 5.74) is 2.03. The van der Waals surface area contributed by atoms with E-state index in [0.29, 0.717) is 5.69 Å². The number of hydrogen-bond acceptors (Lipinski definition) is 2. The van der Waals surface area contributed by atoms with E-state index in [0.717, 1.165) is 6.42 Å². The summed E-state index contributed by atoms with van der Waals surface area (Å²) < 4.78 is 0. The van der Waals surface area contributed by atoms with Crippen LogP contribution in [0.2, 0.25) is 0 Å². The zero-order chi connectivity index (χ0) is 19.4. The summed E-state index contributed by atoms with van der Waals surface area (Å²) in [4.78, 5) is 13.8. The molecule has 0 aromatic heterocycles. The second-order valence-electron chi connectivity index (χ2n) is 7.92. The molecule has 0 unspecified atom stereocenters. The second kappa shape index (κ2) is 18.0. The lowest BCUT2D eigenvalue weighted by Crippen LogP contribution is -1.86. The molecule has 0 saturated heterocycles. The predicted octanol–water partition coefficient (Wildman–Crippen LogP) is 8.46. The van der Waals surface area contributed by atoms with Gasteiger partial charge in [-0.3, -0.25) is 0 Å². The standard InChI is InChI=1S/C25H41NO/c1-2-3-4-5-6-7-8-9-10-11-12-13-14-15-16-17-18-24-19-21-25(22-20-24)26-23-27/h19-22H,2-18H2,1H3.